The molecular weight excluding hydrogens is 377 g/mol. The van der Waals surface area contributed by atoms with Gasteiger partial charge in [-0.25, -0.2) is 14.1 Å². The molecule has 0 saturated heterocycles. The number of amides is 2. The fourth-order valence-electron chi connectivity index (χ4n) is 4.26. The Morgan fingerprint density at radius 3 is 2.90 bits per heavy atom. The number of anilines is 1. The number of hydrogen-bond donors (Lipinski definition) is 1. The maximum absolute atomic E-state index is 14.0. The first kappa shape index (κ1) is 19.5. The second kappa shape index (κ2) is 7.23. The standard InChI is InChI=1S/C19H26FN7O2/c1-12-8-15-25(3)18(29)14(5-7-27(15)23-12)22-17(28)16-21-11-26(24-16)10-13-4-6-19(2,20)9-13/h8,11,13-14H,4-7,9-10H2,1-3H3,(H,22,28)/t13?,14-,19?/m0/s1. The molecule has 2 aromatic heterocycles. The molecule has 156 valence electrons. The number of hydrogen-bond acceptors (Lipinski definition) is 5. The van der Waals surface area contributed by atoms with E-state index in [1.807, 2.05) is 13.0 Å². The van der Waals surface area contributed by atoms with Crippen LogP contribution in [0.1, 0.15) is 48.9 Å². The van der Waals surface area contributed by atoms with E-state index in [0.29, 0.717) is 38.2 Å². The molecule has 0 aromatic carbocycles. The largest absolute Gasteiger partial charge is 0.337 e. The number of likely N-dealkylation sites (N-methyl/N-ethyl adjacent to an activating group) is 1. The highest BCUT2D eigenvalue weighted by Gasteiger charge is 2.35. The van der Waals surface area contributed by atoms with Gasteiger partial charge >= 0.3 is 0 Å². The van der Waals surface area contributed by atoms with Crippen molar-refractivity contribution in [3.8, 4) is 0 Å². The summed E-state index contributed by atoms with van der Waals surface area (Å²) in [6.45, 7) is 4.56. The Labute approximate surface area is 168 Å². The van der Waals surface area contributed by atoms with Crippen LogP contribution in [0.3, 0.4) is 0 Å². The zero-order valence-corrected chi connectivity index (χ0v) is 16.9. The van der Waals surface area contributed by atoms with E-state index in [0.717, 1.165) is 12.1 Å². The van der Waals surface area contributed by atoms with Gasteiger partial charge in [-0.2, -0.15) is 5.10 Å². The van der Waals surface area contributed by atoms with Gasteiger partial charge in [-0.05, 0) is 45.4 Å². The van der Waals surface area contributed by atoms with Gasteiger partial charge in [-0.3, -0.25) is 19.2 Å². The predicted molar refractivity (Wildman–Crippen MR) is 103 cm³/mol. The quantitative estimate of drug-likeness (QED) is 0.834. The molecular formula is C19H26FN7O2. The molecule has 29 heavy (non-hydrogen) atoms. The van der Waals surface area contributed by atoms with Crippen molar-refractivity contribution in [2.24, 2.45) is 5.92 Å². The van der Waals surface area contributed by atoms with Gasteiger partial charge in [0.2, 0.25) is 5.82 Å². The van der Waals surface area contributed by atoms with Crippen molar-refractivity contribution < 1.29 is 14.0 Å². The van der Waals surface area contributed by atoms with Crippen LogP contribution in [-0.2, 0) is 17.9 Å². The zero-order chi connectivity index (χ0) is 20.8. The third kappa shape index (κ3) is 4.01. The summed E-state index contributed by atoms with van der Waals surface area (Å²) >= 11 is 0. The number of carbonyl (C=O) groups excluding carboxylic acids is 2. The molecule has 2 aliphatic rings. The number of aryl methyl sites for hydroxylation is 2. The van der Waals surface area contributed by atoms with Crippen molar-refractivity contribution in [2.75, 3.05) is 11.9 Å². The molecule has 3 heterocycles. The Hall–Kier alpha value is -2.78. The summed E-state index contributed by atoms with van der Waals surface area (Å²) in [5, 5.41) is 11.4. The molecule has 9 nitrogen and oxygen atoms in total. The van der Waals surface area contributed by atoms with Crippen LogP contribution in [0, 0.1) is 12.8 Å². The number of carbonyl (C=O) groups is 2. The SMILES string of the molecule is Cc1cc2n(n1)CC[C@H](NC(=O)c1ncn(CC3CCC(C)(F)C3)n1)C(=O)N2C. The van der Waals surface area contributed by atoms with E-state index in [9.17, 15) is 14.0 Å². The Morgan fingerprint density at radius 2 is 2.17 bits per heavy atom. The fraction of sp³-hybridized carbons (Fsp3) is 0.632. The molecule has 2 aromatic rings. The topological polar surface area (TPSA) is 97.9 Å². The number of fused-ring (bicyclic) bond motifs is 1. The maximum Gasteiger partial charge on any atom is 0.291 e. The van der Waals surface area contributed by atoms with E-state index in [1.54, 1.807) is 23.3 Å². The van der Waals surface area contributed by atoms with E-state index >= 15 is 0 Å². The molecule has 1 saturated carbocycles. The van der Waals surface area contributed by atoms with Gasteiger partial charge in [0, 0.05) is 26.2 Å². The minimum absolute atomic E-state index is 0.0132. The number of nitrogens with one attached hydrogen (secondary N) is 1. The summed E-state index contributed by atoms with van der Waals surface area (Å²) in [5.74, 6) is 0.213. The summed E-state index contributed by atoms with van der Waals surface area (Å²) in [4.78, 5) is 30.9. The number of halogens is 1. The highest BCUT2D eigenvalue weighted by Crippen LogP contribution is 2.37. The average molecular weight is 403 g/mol. The lowest BCUT2D eigenvalue weighted by Crippen LogP contribution is -2.47. The number of rotatable bonds is 4. The van der Waals surface area contributed by atoms with Crippen LogP contribution >= 0.6 is 0 Å². The van der Waals surface area contributed by atoms with Gasteiger partial charge in [0.25, 0.3) is 11.8 Å². The van der Waals surface area contributed by atoms with Crippen LogP contribution in [0.2, 0.25) is 0 Å². The minimum Gasteiger partial charge on any atom is -0.337 e. The van der Waals surface area contributed by atoms with Gasteiger partial charge in [0.1, 0.15) is 23.9 Å². The lowest BCUT2D eigenvalue weighted by molar-refractivity contribution is -0.120. The smallest absolute Gasteiger partial charge is 0.291 e. The second-order valence-corrected chi connectivity index (χ2v) is 8.39. The third-order valence-electron chi connectivity index (χ3n) is 5.76. The van der Waals surface area contributed by atoms with Crippen molar-refractivity contribution in [3.05, 3.63) is 23.9 Å². The normalized spacial score (nSPS) is 27.0. The van der Waals surface area contributed by atoms with Crippen molar-refractivity contribution in [1.82, 2.24) is 29.9 Å². The number of nitrogens with zero attached hydrogens (tertiary/aromatic N) is 6. The summed E-state index contributed by atoms with van der Waals surface area (Å²) in [5.41, 5.74) is -0.281. The van der Waals surface area contributed by atoms with Crippen LogP contribution < -0.4 is 10.2 Å². The van der Waals surface area contributed by atoms with E-state index in [4.69, 9.17) is 0 Å². The fourth-order valence-corrected chi connectivity index (χ4v) is 4.26. The average Bonchev–Trinajstić information content (AvgIpc) is 3.34. The third-order valence-corrected chi connectivity index (χ3v) is 5.76. The van der Waals surface area contributed by atoms with Crippen LogP contribution in [0.25, 0.3) is 0 Å². The van der Waals surface area contributed by atoms with Crippen LogP contribution in [-0.4, -0.2) is 55.1 Å². The molecule has 10 heteroatoms. The minimum atomic E-state index is -1.12. The molecule has 1 N–H and O–H groups in total. The van der Waals surface area contributed by atoms with Gasteiger partial charge in [0.15, 0.2) is 0 Å². The lowest BCUT2D eigenvalue weighted by atomic mass is 10.0. The van der Waals surface area contributed by atoms with Gasteiger partial charge in [0.05, 0.1) is 5.69 Å². The summed E-state index contributed by atoms with van der Waals surface area (Å²) in [7, 11) is 1.67. The molecule has 1 aliphatic carbocycles. The van der Waals surface area contributed by atoms with Crippen LogP contribution in [0.4, 0.5) is 10.2 Å². The highest BCUT2D eigenvalue weighted by atomic mass is 19.1. The van der Waals surface area contributed by atoms with Crippen LogP contribution in [0.15, 0.2) is 12.4 Å². The Balaban J connectivity index is 1.39. The molecule has 1 aliphatic heterocycles. The summed E-state index contributed by atoms with van der Waals surface area (Å²) in [6, 6.07) is 1.17. The Kier molecular flexibility index (Phi) is 4.87. The number of aromatic nitrogens is 5. The van der Waals surface area contributed by atoms with Gasteiger partial charge in [-0.15, -0.1) is 5.10 Å². The first-order valence-electron chi connectivity index (χ1n) is 9.93. The van der Waals surface area contributed by atoms with E-state index in [2.05, 4.69) is 20.5 Å². The zero-order valence-electron chi connectivity index (χ0n) is 16.9. The molecule has 0 radical (unpaired) electrons. The number of alkyl halides is 1. The second-order valence-electron chi connectivity index (χ2n) is 8.39. The molecule has 2 amide bonds. The highest BCUT2D eigenvalue weighted by molar-refractivity contribution is 6.00. The lowest BCUT2D eigenvalue weighted by Gasteiger charge is -2.19. The van der Waals surface area contributed by atoms with E-state index in [1.165, 1.54) is 11.2 Å². The molecule has 3 atom stereocenters. The summed E-state index contributed by atoms with van der Waals surface area (Å²) < 4.78 is 17.4. The Morgan fingerprint density at radius 1 is 1.38 bits per heavy atom. The molecule has 4 rings (SSSR count). The molecule has 2 unspecified atom stereocenters. The van der Waals surface area contributed by atoms with Gasteiger partial charge in [-0.1, -0.05) is 0 Å². The Bertz CT molecular complexity index is 935. The molecule has 0 spiro atoms. The summed E-state index contributed by atoms with van der Waals surface area (Å²) in [6.07, 6.45) is 3.76. The monoisotopic (exact) mass is 403 g/mol. The predicted octanol–water partition coefficient (Wildman–Crippen LogP) is 1.48. The van der Waals surface area contributed by atoms with Crippen LogP contribution in [0.5, 0.6) is 0 Å². The van der Waals surface area contributed by atoms with E-state index < -0.39 is 17.6 Å². The van der Waals surface area contributed by atoms with Crippen molar-refractivity contribution in [2.45, 2.75) is 64.3 Å². The molecule has 0 bridgehead atoms. The maximum atomic E-state index is 14.0. The van der Waals surface area contributed by atoms with Gasteiger partial charge < -0.3 is 5.32 Å². The first-order valence-corrected chi connectivity index (χ1v) is 9.93. The van der Waals surface area contributed by atoms with Crippen molar-refractivity contribution >= 4 is 17.6 Å². The first-order chi connectivity index (χ1) is 13.7. The van der Waals surface area contributed by atoms with E-state index in [-0.39, 0.29) is 17.6 Å². The van der Waals surface area contributed by atoms with Crippen molar-refractivity contribution in [3.63, 3.8) is 0 Å². The molecule has 1 fully saturated rings. The van der Waals surface area contributed by atoms with Crippen molar-refractivity contribution in [1.29, 1.82) is 0 Å².